The van der Waals surface area contributed by atoms with Crippen LogP contribution in [-0.2, 0) is 21.2 Å². The highest BCUT2D eigenvalue weighted by atomic mass is 32.2. The molecule has 30 heavy (non-hydrogen) atoms. The van der Waals surface area contributed by atoms with Gasteiger partial charge in [-0.2, -0.15) is 4.31 Å². The van der Waals surface area contributed by atoms with Gasteiger partial charge in [-0.25, -0.2) is 8.42 Å². The molecule has 0 radical (unpaired) electrons. The summed E-state index contributed by atoms with van der Waals surface area (Å²) in [6, 6.07) is 16.5. The van der Waals surface area contributed by atoms with Crippen LogP contribution < -0.4 is 0 Å². The van der Waals surface area contributed by atoms with Crippen LogP contribution in [-0.4, -0.2) is 68.7 Å². The lowest BCUT2D eigenvalue weighted by Crippen LogP contribution is -2.52. The summed E-state index contributed by atoms with van der Waals surface area (Å²) in [5.74, 6) is 0.00372. The number of hydrogen-bond acceptors (Lipinski definition) is 4. The number of carbonyl (C=O) groups is 1. The van der Waals surface area contributed by atoms with E-state index in [0.29, 0.717) is 31.1 Å². The van der Waals surface area contributed by atoms with E-state index in [-0.39, 0.29) is 5.91 Å². The van der Waals surface area contributed by atoms with Gasteiger partial charge in [0.2, 0.25) is 15.9 Å². The molecule has 1 aliphatic rings. The molecule has 0 aromatic heterocycles. The number of amides is 1. The average Bonchev–Trinajstić information content (AvgIpc) is 2.75. The Morgan fingerprint density at radius 3 is 2.10 bits per heavy atom. The van der Waals surface area contributed by atoms with E-state index in [4.69, 9.17) is 0 Å². The van der Waals surface area contributed by atoms with Crippen molar-refractivity contribution in [2.45, 2.75) is 30.7 Å². The largest absolute Gasteiger partial charge is 0.347 e. The molecule has 0 N–H and O–H groups in total. The first-order valence-corrected chi connectivity index (χ1v) is 11.9. The van der Waals surface area contributed by atoms with Crippen molar-refractivity contribution < 1.29 is 13.2 Å². The second-order valence-corrected chi connectivity index (χ2v) is 9.82. The molecule has 1 fully saturated rings. The Bertz CT molecular complexity index is 935. The highest BCUT2D eigenvalue weighted by Gasteiger charge is 2.34. The second-order valence-electron chi connectivity index (χ2n) is 7.88. The van der Waals surface area contributed by atoms with Gasteiger partial charge in [0.1, 0.15) is 6.04 Å². The number of rotatable bonds is 7. The first-order valence-electron chi connectivity index (χ1n) is 10.4. The fourth-order valence-electron chi connectivity index (χ4n) is 3.86. The number of carbonyl (C=O) groups excluding carboxylic acids is 1. The predicted molar refractivity (Wildman–Crippen MR) is 119 cm³/mol. The van der Waals surface area contributed by atoms with Gasteiger partial charge in [0.25, 0.3) is 0 Å². The van der Waals surface area contributed by atoms with Crippen LogP contribution in [0.3, 0.4) is 0 Å². The number of aryl methyl sites for hydroxylation is 1. The highest BCUT2D eigenvalue weighted by Crippen LogP contribution is 2.26. The Morgan fingerprint density at radius 2 is 1.57 bits per heavy atom. The Kier molecular flexibility index (Phi) is 7.28. The normalized spacial score (nSPS) is 16.9. The van der Waals surface area contributed by atoms with Crippen LogP contribution in [0.15, 0.2) is 59.5 Å². The fraction of sp³-hybridized carbons (Fsp3) is 0.435. The Balaban J connectivity index is 1.74. The summed E-state index contributed by atoms with van der Waals surface area (Å²) in [4.78, 5) is 16.9. The maximum absolute atomic E-state index is 13.1. The third-order valence-corrected chi connectivity index (χ3v) is 7.44. The zero-order valence-corrected chi connectivity index (χ0v) is 18.8. The first kappa shape index (κ1) is 22.5. The summed E-state index contributed by atoms with van der Waals surface area (Å²) in [6.07, 6.45) is 1.97. The number of hydrogen-bond donors (Lipinski definition) is 0. The third kappa shape index (κ3) is 4.91. The molecular formula is C23H31N3O3S. The lowest BCUT2D eigenvalue weighted by molar-refractivity contribution is -0.135. The molecule has 1 atom stereocenters. The number of benzene rings is 2. The molecule has 1 saturated heterocycles. The van der Waals surface area contributed by atoms with Gasteiger partial charge in [-0.1, -0.05) is 55.8 Å². The number of sulfonamides is 1. The molecule has 162 valence electrons. The highest BCUT2D eigenvalue weighted by molar-refractivity contribution is 7.89. The molecule has 0 aliphatic carbocycles. The van der Waals surface area contributed by atoms with Crippen molar-refractivity contribution in [2.24, 2.45) is 0 Å². The minimum Gasteiger partial charge on any atom is -0.347 e. The maximum atomic E-state index is 13.1. The zero-order valence-electron chi connectivity index (χ0n) is 18.0. The average molecular weight is 430 g/mol. The van der Waals surface area contributed by atoms with Gasteiger partial charge < -0.3 is 4.90 Å². The van der Waals surface area contributed by atoms with Crippen LogP contribution in [0.5, 0.6) is 0 Å². The van der Waals surface area contributed by atoms with E-state index in [1.165, 1.54) is 4.31 Å². The van der Waals surface area contributed by atoms with Crippen molar-refractivity contribution in [1.29, 1.82) is 0 Å². The molecule has 1 aliphatic heterocycles. The van der Waals surface area contributed by atoms with Crippen molar-refractivity contribution >= 4 is 15.9 Å². The SMILES string of the molecule is CCCc1ccc(S(=O)(=O)N2CCN([C@@H](C(=O)N(C)C)c3ccccc3)CC2)cc1. The van der Waals surface area contributed by atoms with Crippen LogP contribution >= 0.6 is 0 Å². The molecule has 0 saturated carbocycles. The Morgan fingerprint density at radius 1 is 0.967 bits per heavy atom. The molecule has 1 amide bonds. The summed E-state index contributed by atoms with van der Waals surface area (Å²) in [5, 5.41) is 0. The second kappa shape index (κ2) is 9.73. The number of likely N-dealkylation sites (N-methyl/N-ethyl adjacent to an activating group) is 1. The molecule has 2 aromatic carbocycles. The number of nitrogens with zero attached hydrogens (tertiary/aromatic N) is 3. The van der Waals surface area contributed by atoms with Crippen molar-refractivity contribution in [3.63, 3.8) is 0 Å². The van der Waals surface area contributed by atoms with Crippen LogP contribution in [0.1, 0.15) is 30.5 Å². The summed E-state index contributed by atoms with van der Waals surface area (Å²) < 4.78 is 27.7. The van der Waals surface area contributed by atoms with E-state index in [2.05, 4.69) is 11.8 Å². The summed E-state index contributed by atoms with van der Waals surface area (Å²) in [6.45, 7) is 3.85. The molecular weight excluding hydrogens is 398 g/mol. The monoisotopic (exact) mass is 429 g/mol. The molecule has 2 aromatic rings. The minimum absolute atomic E-state index is 0.00372. The van der Waals surface area contributed by atoms with Crippen molar-refractivity contribution in [3.8, 4) is 0 Å². The van der Waals surface area contributed by atoms with Gasteiger partial charge in [-0.05, 0) is 29.7 Å². The lowest BCUT2D eigenvalue weighted by atomic mass is 10.0. The van der Waals surface area contributed by atoms with E-state index >= 15 is 0 Å². The molecule has 6 nitrogen and oxygen atoms in total. The van der Waals surface area contributed by atoms with Crippen LogP contribution in [0.2, 0.25) is 0 Å². The van der Waals surface area contributed by atoms with E-state index < -0.39 is 16.1 Å². The lowest BCUT2D eigenvalue weighted by Gasteiger charge is -2.39. The van der Waals surface area contributed by atoms with Crippen molar-refractivity contribution in [3.05, 3.63) is 65.7 Å². The first-order chi connectivity index (χ1) is 14.3. The van der Waals surface area contributed by atoms with Crippen LogP contribution in [0.25, 0.3) is 0 Å². The van der Waals surface area contributed by atoms with Crippen molar-refractivity contribution in [1.82, 2.24) is 14.1 Å². The van der Waals surface area contributed by atoms with Crippen molar-refractivity contribution in [2.75, 3.05) is 40.3 Å². The predicted octanol–water partition coefficient (Wildman–Crippen LogP) is 2.77. The van der Waals surface area contributed by atoms with E-state index in [0.717, 1.165) is 24.0 Å². The van der Waals surface area contributed by atoms with Crippen LogP contribution in [0.4, 0.5) is 0 Å². The van der Waals surface area contributed by atoms with Gasteiger partial charge in [-0.15, -0.1) is 0 Å². The zero-order chi connectivity index (χ0) is 21.7. The third-order valence-electron chi connectivity index (χ3n) is 5.53. The van der Waals surface area contributed by atoms with Gasteiger partial charge in [0, 0.05) is 40.3 Å². The summed E-state index contributed by atoms with van der Waals surface area (Å²) >= 11 is 0. The maximum Gasteiger partial charge on any atom is 0.244 e. The minimum atomic E-state index is -3.53. The smallest absolute Gasteiger partial charge is 0.244 e. The van der Waals surface area contributed by atoms with E-state index in [1.54, 1.807) is 31.1 Å². The van der Waals surface area contributed by atoms with Gasteiger partial charge in [0.15, 0.2) is 0 Å². The standard InChI is InChI=1S/C23H31N3O3S/c1-4-8-19-11-13-21(14-12-19)30(28,29)26-17-15-25(16-18-26)22(23(27)24(2)3)20-9-6-5-7-10-20/h5-7,9-14,22H,4,8,15-18H2,1-3H3/t22-/m1/s1. The van der Waals surface area contributed by atoms with Gasteiger partial charge in [0.05, 0.1) is 4.90 Å². The fourth-order valence-corrected chi connectivity index (χ4v) is 5.28. The van der Waals surface area contributed by atoms with E-state index in [1.807, 2.05) is 42.5 Å². The quantitative estimate of drug-likeness (QED) is 0.679. The molecule has 0 bridgehead atoms. The van der Waals surface area contributed by atoms with E-state index in [9.17, 15) is 13.2 Å². The van der Waals surface area contributed by atoms with Gasteiger partial charge in [-0.3, -0.25) is 9.69 Å². The Labute approximate surface area is 180 Å². The van der Waals surface area contributed by atoms with Crippen LogP contribution in [0, 0.1) is 0 Å². The number of piperazine rings is 1. The molecule has 3 rings (SSSR count). The molecule has 1 heterocycles. The topological polar surface area (TPSA) is 60.9 Å². The summed E-state index contributed by atoms with van der Waals surface area (Å²) in [5.41, 5.74) is 2.08. The summed E-state index contributed by atoms with van der Waals surface area (Å²) in [7, 11) is -0.0304. The Hall–Kier alpha value is -2.22. The molecule has 0 unspecified atom stereocenters. The molecule has 7 heteroatoms. The van der Waals surface area contributed by atoms with Gasteiger partial charge >= 0.3 is 0 Å². The molecule has 0 spiro atoms.